The van der Waals surface area contributed by atoms with Crippen LogP contribution in [0.15, 0.2) is 12.2 Å². The molecule has 2 fully saturated rings. The molecule has 0 aromatic heterocycles. The van der Waals surface area contributed by atoms with Gasteiger partial charge >= 0.3 is 5.97 Å². The van der Waals surface area contributed by atoms with Crippen molar-refractivity contribution in [3.05, 3.63) is 12.2 Å². The number of likely N-dealkylation sites (tertiary alicyclic amines) is 1. The van der Waals surface area contributed by atoms with Gasteiger partial charge < -0.3 is 24.8 Å². The summed E-state index contributed by atoms with van der Waals surface area (Å²) in [6.45, 7) is 9.04. The zero-order valence-corrected chi connectivity index (χ0v) is 21.3. The summed E-state index contributed by atoms with van der Waals surface area (Å²) < 4.78 is 10.8. The summed E-state index contributed by atoms with van der Waals surface area (Å²) in [4.78, 5) is 44.1. The number of rotatable bonds is 13. The van der Waals surface area contributed by atoms with Crippen molar-refractivity contribution in [2.45, 2.75) is 52.0 Å². The minimum Gasteiger partial charge on any atom is -0.466 e. The van der Waals surface area contributed by atoms with Gasteiger partial charge in [-0.25, -0.2) is 0 Å². The van der Waals surface area contributed by atoms with Crippen LogP contribution in [-0.2, 0) is 23.9 Å². The Bertz CT molecular complexity index is 739. The summed E-state index contributed by atoms with van der Waals surface area (Å²) in [6.07, 6.45) is 7.97. The summed E-state index contributed by atoms with van der Waals surface area (Å²) in [5.41, 5.74) is 0. The Morgan fingerprint density at radius 1 is 1.11 bits per heavy atom. The molecule has 198 valence electrons. The van der Waals surface area contributed by atoms with Crippen LogP contribution in [0.5, 0.6) is 0 Å². The first-order valence-electron chi connectivity index (χ1n) is 13.4. The Balaban J connectivity index is 1.75. The van der Waals surface area contributed by atoms with Crippen molar-refractivity contribution in [2.24, 2.45) is 23.7 Å². The van der Waals surface area contributed by atoms with Gasteiger partial charge in [0.15, 0.2) is 0 Å². The quantitative estimate of drug-likeness (QED) is 0.226. The first-order valence-corrected chi connectivity index (χ1v) is 13.4. The number of nitrogens with one attached hydrogen (secondary N) is 1. The highest BCUT2D eigenvalue weighted by molar-refractivity contribution is 5.96. The minimum absolute atomic E-state index is 0.0752. The molecule has 0 saturated carbocycles. The van der Waals surface area contributed by atoms with Crippen LogP contribution in [0.2, 0.25) is 0 Å². The summed E-state index contributed by atoms with van der Waals surface area (Å²) in [5.74, 6) is -2.18. The molecule has 0 unspecified atom stereocenters. The van der Waals surface area contributed by atoms with Crippen LogP contribution in [0, 0.1) is 23.7 Å². The largest absolute Gasteiger partial charge is 0.466 e. The monoisotopic (exact) mass is 493 g/mol. The van der Waals surface area contributed by atoms with Gasteiger partial charge in [-0.2, -0.15) is 0 Å². The highest BCUT2D eigenvalue weighted by Gasteiger charge is 2.57. The Morgan fingerprint density at radius 2 is 1.86 bits per heavy atom. The van der Waals surface area contributed by atoms with Crippen LogP contribution >= 0.6 is 0 Å². The van der Waals surface area contributed by atoms with E-state index in [1.165, 1.54) is 0 Å². The average molecular weight is 494 g/mol. The van der Waals surface area contributed by atoms with Crippen LogP contribution in [0.25, 0.3) is 0 Å². The molecule has 2 amide bonds. The van der Waals surface area contributed by atoms with Gasteiger partial charge in [-0.3, -0.25) is 19.3 Å². The minimum atomic E-state index is -0.624. The lowest BCUT2D eigenvalue weighted by molar-refractivity contribution is -0.155. The van der Waals surface area contributed by atoms with Crippen LogP contribution < -0.4 is 5.32 Å². The smallest absolute Gasteiger partial charge is 0.310 e. The van der Waals surface area contributed by atoms with Gasteiger partial charge in [0.2, 0.25) is 11.8 Å². The third-order valence-corrected chi connectivity index (χ3v) is 7.55. The molecular formula is C26H43N3O6. The van der Waals surface area contributed by atoms with Gasteiger partial charge in [-0.1, -0.05) is 31.9 Å². The van der Waals surface area contributed by atoms with Crippen molar-refractivity contribution in [3.8, 4) is 0 Å². The van der Waals surface area contributed by atoms with Crippen molar-refractivity contribution in [2.75, 3.05) is 59.2 Å². The molecule has 9 heteroatoms. The van der Waals surface area contributed by atoms with Gasteiger partial charge in [0, 0.05) is 45.2 Å². The molecule has 3 rings (SSSR count). The van der Waals surface area contributed by atoms with Crippen LogP contribution in [0.1, 0.15) is 46.0 Å². The third-order valence-electron chi connectivity index (χ3n) is 7.55. The van der Waals surface area contributed by atoms with Crippen LogP contribution in [0.4, 0.5) is 0 Å². The molecule has 0 radical (unpaired) electrons. The molecule has 35 heavy (non-hydrogen) atoms. The van der Waals surface area contributed by atoms with E-state index in [0.717, 1.165) is 51.7 Å². The molecule has 3 aliphatic rings. The number of ether oxygens (including phenoxy) is 2. The van der Waals surface area contributed by atoms with Gasteiger partial charge in [-0.15, -0.1) is 0 Å². The standard InChI is InChI=1S/C26H43N3O6/c1-3-19-9-10-20-22(21(19)26(33)35-4-2)25(32)29(12-7-5-6-8-16-30)23(20)24(31)27-11-13-28-14-17-34-18-15-28/h9-10,19-23,30H,3-8,11-18H2,1-2H3,(H,27,31)/t19-,20+,21-,22+,23+/m1/s1. The van der Waals surface area contributed by atoms with E-state index >= 15 is 0 Å². The Hall–Kier alpha value is -1.97. The average Bonchev–Trinajstić information content (AvgIpc) is 3.15. The lowest BCUT2D eigenvalue weighted by atomic mass is 9.69. The van der Waals surface area contributed by atoms with E-state index in [4.69, 9.17) is 14.6 Å². The van der Waals surface area contributed by atoms with Gasteiger partial charge in [0.25, 0.3) is 0 Å². The fourth-order valence-electron chi connectivity index (χ4n) is 5.70. The molecule has 0 aromatic rings. The molecule has 9 nitrogen and oxygen atoms in total. The number of hydrogen-bond donors (Lipinski definition) is 2. The second kappa shape index (κ2) is 13.9. The van der Waals surface area contributed by atoms with E-state index in [2.05, 4.69) is 10.2 Å². The van der Waals surface area contributed by atoms with Crippen molar-refractivity contribution >= 4 is 17.8 Å². The lowest BCUT2D eigenvalue weighted by Crippen LogP contribution is -2.49. The van der Waals surface area contributed by atoms with Crippen LogP contribution in [-0.4, -0.2) is 97.9 Å². The molecule has 5 atom stereocenters. The fourth-order valence-corrected chi connectivity index (χ4v) is 5.70. The van der Waals surface area contributed by atoms with Gasteiger partial charge in [0.05, 0.1) is 31.7 Å². The highest BCUT2D eigenvalue weighted by Crippen LogP contribution is 2.45. The topological polar surface area (TPSA) is 108 Å². The zero-order valence-electron chi connectivity index (χ0n) is 21.3. The number of unbranched alkanes of at least 4 members (excludes halogenated alkanes) is 3. The molecule has 2 aliphatic heterocycles. The number of nitrogens with zero attached hydrogens (tertiary/aromatic N) is 2. The number of allylic oxidation sites excluding steroid dienone is 1. The van der Waals surface area contributed by atoms with E-state index in [1.54, 1.807) is 11.8 Å². The van der Waals surface area contributed by atoms with E-state index < -0.39 is 17.9 Å². The van der Waals surface area contributed by atoms with Crippen molar-refractivity contribution < 1.29 is 29.0 Å². The molecule has 0 spiro atoms. The summed E-state index contributed by atoms with van der Waals surface area (Å²) in [7, 11) is 0. The third kappa shape index (κ3) is 6.83. The Kier molecular flexibility index (Phi) is 11.0. The van der Waals surface area contributed by atoms with Crippen molar-refractivity contribution in [1.82, 2.24) is 15.1 Å². The number of hydrogen-bond acceptors (Lipinski definition) is 7. The van der Waals surface area contributed by atoms with E-state index in [9.17, 15) is 14.4 Å². The first-order chi connectivity index (χ1) is 17.0. The maximum Gasteiger partial charge on any atom is 0.310 e. The highest BCUT2D eigenvalue weighted by atomic mass is 16.5. The molecular weight excluding hydrogens is 450 g/mol. The second-order valence-corrected chi connectivity index (χ2v) is 9.70. The Labute approximate surface area is 209 Å². The number of carbonyl (C=O) groups is 3. The van der Waals surface area contributed by atoms with Crippen molar-refractivity contribution in [1.29, 1.82) is 0 Å². The predicted molar refractivity (Wildman–Crippen MR) is 131 cm³/mol. The molecule has 2 saturated heterocycles. The SMILES string of the molecule is CCOC(=O)[C@H]1[C@H]2C(=O)N(CCCCCCO)[C@H](C(=O)NCCN3CCOCC3)[C@H]2C=C[C@H]1CC. The summed E-state index contributed by atoms with van der Waals surface area (Å²) in [5, 5.41) is 12.1. The van der Waals surface area contributed by atoms with Gasteiger partial charge in [-0.05, 0) is 32.1 Å². The van der Waals surface area contributed by atoms with E-state index in [-0.39, 0.29) is 42.8 Å². The summed E-state index contributed by atoms with van der Waals surface area (Å²) >= 11 is 0. The number of morpholine rings is 1. The molecule has 0 aromatic carbocycles. The van der Waals surface area contributed by atoms with Crippen LogP contribution in [0.3, 0.4) is 0 Å². The van der Waals surface area contributed by atoms with Gasteiger partial charge in [0.1, 0.15) is 6.04 Å². The number of carbonyl (C=O) groups excluding carboxylic acids is 3. The Morgan fingerprint density at radius 3 is 2.54 bits per heavy atom. The molecule has 1 aliphatic carbocycles. The number of aliphatic hydroxyl groups excluding tert-OH is 1. The van der Waals surface area contributed by atoms with E-state index in [1.807, 2.05) is 19.1 Å². The predicted octanol–water partition coefficient (Wildman–Crippen LogP) is 1.21. The van der Waals surface area contributed by atoms with Crippen molar-refractivity contribution in [3.63, 3.8) is 0 Å². The second-order valence-electron chi connectivity index (χ2n) is 9.70. The van der Waals surface area contributed by atoms with E-state index in [0.29, 0.717) is 26.3 Å². The normalized spacial score (nSPS) is 28.7. The maximum atomic E-state index is 13.7. The number of aliphatic hydroxyl groups is 1. The number of esters is 1. The molecule has 2 heterocycles. The molecule has 0 bridgehead atoms. The number of amides is 2. The maximum absolute atomic E-state index is 13.7. The molecule has 2 N–H and O–H groups in total. The lowest BCUT2D eigenvalue weighted by Gasteiger charge is -2.33. The number of fused-ring (bicyclic) bond motifs is 1. The first kappa shape index (κ1) is 27.6. The fraction of sp³-hybridized carbons (Fsp3) is 0.808. The zero-order chi connectivity index (χ0) is 25.2. The summed E-state index contributed by atoms with van der Waals surface area (Å²) in [6, 6.07) is -0.624.